The van der Waals surface area contributed by atoms with Gasteiger partial charge in [0, 0.05) is 24.9 Å². The van der Waals surface area contributed by atoms with Gasteiger partial charge in [-0.1, -0.05) is 49.7 Å². The first-order valence-corrected chi connectivity index (χ1v) is 11.2. The van der Waals surface area contributed by atoms with Crippen molar-refractivity contribution in [2.75, 3.05) is 6.54 Å². The number of ketones is 1. The zero-order valence-corrected chi connectivity index (χ0v) is 17.6. The minimum absolute atomic E-state index is 0.0390. The van der Waals surface area contributed by atoms with Crippen molar-refractivity contribution >= 4 is 33.2 Å². The molecule has 0 saturated carbocycles. The Hall–Kier alpha value is -2.53. The summed E-state index contributed by atoms with van der Waals surface area (Å²) in [5.74, 6) is 0.0971. The van der Waals surface area contributed by atoms with Crippen LogP contribution in [0, 0.1) is 0 Å². The summed E-state index contributed by atoms with van der Waals surface area (Å²) in [5, 5.41) is 1.01. The van der Waals surface area contributed by atoms with Crippen molar-refractivity contribution < 1.29 is 9.59 Å². The standard InChI is InChI=1S/C24H26N2O2S/c1-2-6-17-10-12-18(13-11-17)21(27)14-15-23(28)26-16-5-8-20(26)24-25-19-7-3-4-9-22(19)29-24/h3-4,7,9-13,20H,2,5-6,8,14-16H2,1H3. The Morgan fingerprint density at radius 2 is 1.90 bits per heavy atom. The van der Waals surface area contributed by atoms with Gasteiger partial charge in [0.15, 0.2) is 5.78 Å². The number of aryl methyl sites for hydroxylation is 1. The number of para-hydroxylation sites is 1. The average molecular weight is 407 g/mol. The number of carbonyl (C=O) groups is 2. The van der Waals surface area contributed by atoms with Crippen LogP contribution in [0.1, 0.15) is 66.0 Å². The fourth-order valence-electron chi connectivity index (χ4n) is 4.01. The van der Waals surface area contributed by atoms with Crippen molar-refractivity contribution in [2.45, 2.75) is 51.5 Å². The molecule has 1 aliphatic rings. The summed E-state index contributed by atoms with van der Waals surface area (Å²) in [6, 6.07) is 15.9. The van der Waals surface area contributed by atoms with Gasteiger partial charge in [-0.2, -0.15) is 0 Å². The summed E-state index contributed by atoms with van der Waals surface area (Å²) < 4.78 is 1.16. The molecule has 2 aromatic carbocycles. The van der Waals surface area contributed by atoms with Crippen molar-refractivity contribution in [1.82, 2.24) is 9.88 Å². The zero-order chi connectivity index (χ0) is 20.2. The molecule has 1 aromatic heterocycles. The molecule has 5 heteroatoms. The Kier molecular flexibility index (Phi) is 6.05. The fourth-order valence-corrected chi connectivity index (χ4v) is 5.12. The molecular weight excluding hydrogens is 380 g/mol. The molecule has 1 fully saturated rings. The molecule has 1 atom stereocenters. The summed E-state index contributed by atoms with van der Waals surface area (Å²) in [7, 11) is 0. The van der Waals surface area contributed by atoms with E-state index in [0.29, 0.717) is 5.56 Å². The summed E-state index contributed by atoms with van der Waals surface area (Å²) in [6.45, 7) is 2.89. The van der Waals surface area contributed by atoms with Crippen LogP contribution in [0.15, 0.2) is 48.5 Å². The second kappa shape index (κ2) is 8.87. The van der Waals surface area contributed by atoms with Gasteiger partial charge in [0.25, 0.3) is 0 Å². The first-order valence-electron chi connectivity index (χ1n) is 10.4. The highest BCUT2D eigenvalue weighted by Crippen LogP contribution is 2.36. The third-order valence-electron chi connectivity index (χ3n) is 5.55. The van der Waals surface area contributed by atoms with Crippen molar-refractivity contribution in [2.24, 2.45) is 0 Å². The molecule has 1 unspecified atom stereocenters. The summed E-state index contributed by atoms with van der Waals surface area (Å²) in [6.07, 6.45) is 4.56. The molecule has 4 rings (SSSR count). The molecule has 0 spiro atoms. The molecule has 3 aromatic rings. The van der Waals surface area contributed by atoms with Crippen LogP contribution in [0.4, 0.5) is 0 Å². The number of rotatable bonds is 7. The van der Waals surface area contributed by atoms with Gasteiger partial charge in [-0.15, -0.1) is 11.3 Å². The normalized spacial score (nSPS) is 16.4. The predicted molar refractivity (Wildman–Crippen MR) is 117 cm³/mol. The van der Waals surface area contributed by atoms with Gasteiger partial charge in [0.2, 0.25) is 5.91 Å². The van der Waals surface area contributed by atoms with Gasteiger partial charge in [0.1, 0.15) is 5.01 Å². The second-order valence-corrected chi connectivity index (χ2v) is 8.70. The maximum absolute atomic E-state index is 12.9. The number of likely N-dealkylation sites (tertiary alicyclic amines) is 1. The van der Waals surface area contributed by atoms with E-state index < -0.39 is 0 Å². The molecule has 4 nitrogen and oxygen atoms in total. The van der Waals surface area contributed by atoms with Crippen LogP contribution < -0.4 is 0 Å². The van der Waals surface area contributed by atoms with Crippen molar-refractivity contribution in [1.29, 1.82) is 0 Å². The van der Waals surface area contributed by atoms with Crippen LogP contribution in [0.2, 0.25) is 0 Å². The van der Waals surface area contributed by atoms with Gasteiger partial charge in [-0.25, -0.2) is 4.98 Å². The van der Waals surface area contributed by atoms with E-state index in [9.17, 15) is 9.59 Å². The molecule has 150 valence electrons. The lowest BCUT2D eigenvalue weighted by molar-refractivity contribution is -0.132. The molecule has 1 aliphatic heterocycles. The lowest BCUT2D eigenvalue weighted by atomic mass is 10.0. The number of fused-ring (bicyclic) bond motifs is 1. The van der Waals surface area contributed by atoms with Crippen LogP contribution in [-0.4, -0.2) is 28.1 Å². The lowest BCUT2D eigenvalue weighted by Crippen LogP contribution is -2.30. The van der Waals surface area contributed by atoms with E-state index in [1.54, 1.807) is 11.3 Å². The Bertz CT molecular complexity index is 976. The molecule has 29 heavy (non-hydrogen) atoms. The highest BCUT2D eigenvalue weighted by Gasteiger charge is 2.32. The van der Waals surface area contributed by atoms with Crippen LogP contribution in [0.3, 0.4) is 0 Å². The molecule has 0 N–H and O–H groups in total. The number of nitrogens with zero attached hydrogens (tertiary/aromatic N) is 2. The van der Waals surface area contributed by atoms with Crippen LogP contribution in [0.5, 0.6) is 0 Å². The number of aromatic nitrogens is 1. The second-order valence-electron chi connectivity index (χ2n) is 7.64. The highest BCUT2D eigenvalue weighted by atomic mass is 32.1. The van der Waals surface area contributed by atoms with E-state index in [2.05, 4.69) is 13.0 Å². The summed E-state index contributed by atoms with van der Waals surface area (Å²) in [4.78, 5) is 32.1. The van der Waals surface area contributed by atoms with Gasteiger partial charge in [-0.3, -0.25) is 9.59 Å². The molecule has 2 heterocycles. The first kappa shape index (κ1) is 19.8. The Balaban J connectivity index is 1.38. The lowest BCUT2D eigenvalue weighted by Gasteiger charge is -2.23. The number of carbonyl (C=O) groups excluding carboxylic acids is 2. The van der Waals surface area contributed by atoms with E-state index in [1.165, 1.54) is 5.56 Å². The molecule has 0 aliphatic carbocycles. The van der Waals surface area contributed by atoms with Gasteiger partial charge >= 0.3 is 0 Å². The average Bonchev–Trinajstić information content (AvgIpc) is 3.39. The van der Waals surface area contributed by atoms with E-state index in [-0.39, 0.29) is 30.6 Å². The largest absolute Gasteiger partial charge is 0.333 e. The van der Waals surface area contributed by atoms with Gasteiger partial charge < -0.3 is 4.90 Å². The number of benzene rings is 2. The quantitative estimate of drug-likeness (QED) is 0.482. The van der Waals surface area contributed by atoms with Gasteiger partial charge in [0.05, 0.1) is 16.3 Å². The summed E-state index contributed by atoms with van der Waals surface area (Å²) >= 11 is 1.67. The van der Waals surface area contributed by atoms with Crippen molar-refractivity contribution in [3.05, 3.63) is 64.7 Å². The van der Waals surface area contributed by atoms with Crippen molar-refractivity contribution in [3.8, 4) is 0 Å². The highest BCUT2D eigenvalue weighted by molar-refractivity contribution is 7.18. The van der Waals surface area contributed by atoms with Crippen LogP contribution in [-0.2, 0) is 11.2 Å². The third kappa shape index (κ3) is 4.40. The Labute approximate surface area is 175 Å². The molecule has 0 bridgehead atoms. The number of hydrogen-bond donors (Lipinski definition) is 0. The van der Waals surface area contributed by atoms with E-state index in [1.807, 2.05) is 47.4 Å². The molecule has 0 radical (unpaired) electrons. The number of amides is 1. The zero-order valence-electron chi connectivity index (χ0n) is 16.8. The van der Waals surface area contributed by atoms with E-state index in [4.69, 9.17) is 4.98 Å². The molecular formula is C24H26N2O2S. The number of thiazole rings is 1. The van der Waals surface area contributed by atoms with Crippen LogP contribution in [0.25, 0.3) is 10.2 Å². The monoisotopic (exact) mass is 406 g/mol. The smallest absolute Gasteiger partial charge is 0.223 e. The summed E-state index contributed by atoms with van der Waals surface area (Å²) in [5.41, 5.74) is 2.94. The third-order valence-corrected chi connectivity index (χ3v) is 6.69. The van der Waals surface area contributed by atoms with Gasteiger partial charge in [-0.05, 0) is 37.0 Å². The topological polar surface area (TPSA) is 50.3 Å². The van der Waals surface area contributed by atoms with E-state index >= 15 is 0 Å². The Morgan fingerprint density at radius 1 is 1.10 bits per heavy atom. The first-order chi connectivity index (χ1) is 14.2. The minimum Gasteiger partial charge on any atom is -0.333 e. The maximum atomic E-state index is 12.9. The number of hydrogen-bond acceptors (Lipinski definition) is 4. The minimum atomic E-state index is 0.0390. The van der Waals surface area contributed by atoms with E-state index in [0.717, 1.165) is 47.5 Å². The van der Waals surface area contributed by atoms with Crippen LogP contribution >= 0.6 is 11.3 Å². The SMILES string of the molecule is CCCc1ccc(C(=O)CCC(=O)N2CCCC2c2nc3ccccc3s2)cc1. The maximum Gasteiger partial charge on any atom is 0.223 e. The number of Topliss-reactive ketones (excluding diaryl/α,β-unsaturated/α-hetero) is 1. The molecule has 1 amide bonds. The molecule has 1 saturated heterocycles. The predicted octanol–water partition coefficient (Wildman–Crippen LogP) is 5.58. The van der Waals surface area contributed by atoms with Crippen molar-refractivity contribution in [3.63, 3.8) is 0 Å². The Morgan fingerprint density at radius 3 is 2.66 bits per heavy atom. The fraction of sp³-hybridized carbons (Fsp3) is 0.375.